The summed E-state index contributed by atoms with van der Waals surface area (Å²) in [6.45, 7) is 1.26. The number of nitrogens with zero attached hydrogens (tertiary/aromatic N) is 1. The molecule has 0 bridgehead atoms. The highest BCUT2D eigenvalue weighted by molar-refractivity contribution is 5.92. The number of phenolic OH excluding ortho intramolecular Hbond substituents is 1. The molecule has 2 aliphatic heterocycles. The lowest BCUT2D eigenvalue weighted by molar-refractivity contribution is -0.129. The lowest BCUT2D eigenvalue weighted by atomic mass is 9.96. The van der Waals surface area contributed by atoms with Crippen LogP contribution in [0.25, 0.3) is 6.08 Å². The van der Waals surface area contributed by atoms with Gasteiger partial charge in [0.15, 0.2) is 23.0 Å². The first-order chi connectivity index (χ1) is 19.5. The molecule has 0 unspecified atom stereocenters. The number of nitrogens with one attached hydrogen (secondary N) is 1. The van der Waals surface area contributed by atoms with Gasteiger partial charge in [-0.2, -0.15) is 0 Å². The number of rotatable bonds is 9. The van der Waals surface area contributed by atoms with Crippen LogP contribution in [-0.4, -0.2) is 69.2 Å². The summed E-state index contributed by atoms with van der Waals surface area (Å²) in [5.74, 6) is 2.45. The van der Waals surface area contributed by atoms with Crippen molar-refractivity contribution < 1.29 is 33.6 Å². The molecule has 2 heterocycles. The van der Waals surface area contributed by atoms with Crippen LogP contribution in [0.5, 0.6) is 34.5 Å². The molecule has 1 amide bonds. The van der Waals surface area contributed by atoms with Crippen molar-refractivity contribution in [2.24, 2.45) is 0 Å². The van der Waals surface area contributed by atoms with Crippen LogP contribution in [0.4, 0.5) is 0 Å². The Bertz CT molecular complexity index is 1350. The van der Waals surface area contributed by atoms with Crippen molar-refractivity contribution in [1.82, 2.24) is 10.2 Å². The third kappa shape index (κ3) is 5.94. The molecule has 3 aromatic rings. The predicted octanol–water partition coefficient (Wildman–Crippen LogP) is 3.81. The molecule has 9 nitrogen and oxygen atoms in total. The molecule has 210 valence electrons. The number of methoxy groups -OCH3 is 3. The zero-order valence-corrected chi connectivity index (χ0v) is 22.9. The highest BCUT2D eigenvalue weighted by Gasteiger charge is 2.32. The van der Waals surface area contributed by atoms with Crippen LogP contribution in [0.15, 0.2) is 60.7 Å². The number of carbonyl (C=O) groups excluding carboxylic acids is 1. The molecule has 0 aliphatic carbocycles. The van der Waals surface area contributed by atoms with Crippen LogP contribution in [0.2, 0.25) is 0 Å². The molecule has 1 saturated heterocycles. The van der Waals surface area contributed by atoms with Crippen molar-refractivity contribution in [2.75, 3.05) is 41.2 Å². The smallest absolute Gasteiger partial charge is 0.246 e. The van der Waals surface area contributed by atoms with E-state index in [2.05, 4.69) is 5.32 Å². The van der Waals surface area contributed by atoms with E-state index >= 15 is 0 Å². The number of carbonyl (C=O) groups is 1. The summed E-state index contributed by atoms with van der Waals surface area (Å²) >= 11 is 0. The fraction of sp³-hybridized carbons (Fsp3) is 0.323. The molecule has 0 aromatic heterocycles. The van der Waals surface area contributed by atoms with E-state index in [0.29, 0.717) is 54.7 Å². The van der Waals surface area contributed by atoms with Crippen molar-refractivity contribution in [3.63, 3.8) is 0 Å². The summed E-state index contributed by atoms with van der Waals surface area (Å²) in [6.07, 6.45) is 4.69. The van der Waals surface area contributed by atoms with E-state index in [1.165, 1.54) is 14.2 Å². The second-order valence-corrected chi connectivity index (χ2v) is 9.78. The second-order valence-electron chi connectivity index (χ2n) is 9.78. The molecule has 0 saturated carbocycles. The van der Waals surface area contributed by atoms with E-state index in [1.54, 1.807) is 25.3 Å². The number of phenols is 1. The van der Waals surface area contributed by atoms with Gasteiger partial charge in [-0.05, 0) is 59.9 Å². The summed E-state index contributed by atoms with van der Waals surface area (Å²) in [5, 5.41) is 14.0. The minimum absolute atomic E-state index is 0.0132. The molecule has 5 rings (SSSR count). The number of benzene rings is 3. The van der Waals surface area contributed by atoms with Gasteiger partial charge in [0.05, 0.1) is 21.3 Å². The zero-order chi connectivity index (χ0) is 28.1. The van der Waals surface area contributed by atoms with E-state index < -0.39 is 0 Å². The molecule has 0 radical (unpaired) electrons. The first-order valence-electron chi connectivity index (χ1n) is 13.2. The number of ether oxygens (including phenoxy) is 5. The SMILES string of the molecule is COc1cc(C[C@H]2CN[C@@H](Cc3cc(OC)c4c(c3)OCO4)CN2C(=O)/C=C/c2ccccc2)cc(OC)c1O. The Morgan fingerprint density at radius 3 is 2.35 bits per heavy atom. The van der Waals surface area contributed by atoms with Gasteiger partial charge in [0.25, 0.3) is 0 Å². The molecule has 40 heavy (non-hydrogen) atoms. The summed E-state index contributed by atoms with van der Waals surface area (Å²) in [5.41, 5.74) is 2.87. The first kappa shape index (κ1) is 27.2. The lowest BCUT2D eigenvalue weighted by Crippen LogP contribution is -2.59. The molecule has 2 aliphatic rings. The van der Waals surface area contributed by atoms with Crippen molar-refractivity contribution in [3.8, 4) is 34.5 Å². The number of hydrogen-bond donors (Lipinski definition) is 2. The molecule has 2 atom stereocenters. The Morgan fingerprint density at radius 2 is 1.65 bits per heavy atom. The number of fused-ring (bicyclic) bond motifs is 1. The van der Waals surface area contributed by atoms with Crippen molar-refractivity contribution in [3.05, 3.63) is 77.4 Å². The minimum Gasteiger partial charge on any atom is -0.502 e. The Balaban J connectivity index is 1.38. The van der Waals surface area contributed by atoms with Crippen molar-refractivity contribution >= 4 is 12.0 Å². The van der Waals surface area contributed by atoms with E-state index in [0.717, 1.165) is 16.7 Å². The summed E-state index contributed by atoms with van der Waals surface area (Å²) < 4.78 is 27.3. The maximum atomic E-state index is 13.6. The topological polar surface area (TPSA) is 98.7 Å². The zero-order valence-electron chi connectivity index (χ0n) is 22.9. The molecular weight excluding hydrogens is 512 g/mol. The molecule has 3 aromatic carbocycles. The Hall–Kier alpha value is -4.37. The van der Waals surface area contributed by atoms with Gasteiger partial charge < -0.3 is 39.0 Å². The van der Waals surface area contributed by atoms with E-state index in [1.807, 2.05) is 53.4 Å². The molecule has 9 heteroatoms. The van der Waals surface area contributed by atoms with Crippen molar-refractivity contribution in [1.29, 1.82) is 0 Å². The highest BCUT2D eigenvalue weighted by atomic mass is 16.7. The number of amides is 1. The normalized spacial score (nSPS) is 18.1. The van der Waals surface area contributed by atoms with Gasteiger partial charge in [0, 0.05) is 31.2 Å². The van der Waals surface area contributed by atoms with Crippen molar-refractivity contribution in [2.45, 2.75) is 24.9 Å². The van der Waals surface area contributed by atoms with Crippen LogP contribution in [0, 0.1) is 0 Å². The highest BCUT2D eigenvalue weighted by Crippen LogP contribution is 2.42. The van der Waals surface area contributed by atoms with Crippen LogP contribution >= 0.6 is 0 Å². The van der Waals surface area contributed by atoms with Gasteiger partial charge >= 0.3 is 0 Å². The largest absolute Gasteiger partial charge is 0.502 e. The summed E-state index contributed by atoms with van der Waals surface area (Å²) in [4.78, 5) is 15.5. The second kappa shape index (κ2) is 12.2. The van der Waals surface area contributed by atoms with Gasteiger partial charge in [-0.25, -0.2) is 0 Å². The Labute approximate surface area is 233 Å². The predicted molar refractivity (Wildman–Crippen MR) is 151 cm³/mol. The fourth-order valence-corrected chi connectivity index (χ4v) is 5.20. The Kier molecular flexibility index (Phi) is 8.31. The van der Waals surface area contributed by atoms with E-state index in [-0.39, 0.29) is 30.5 Å². The first-order valence-corrected chi connectivity index (χ1v) is 13.2. The van der Waals surface area contributed by atoms with Gasteiger partial charge in [0.1, 0.15) is 0 Å². The van der Waals surface area contributed by atoms with Crippen LogP contribution in [-0.2, 0) is 17.6 Å². The Morgan fingerprint density at radius 1 is 0.975 bits per heavy atom. The quantitative estimate of drug-likeness (QED) is 0.391. The molecule has 0 spiro atoms. The molecular formula is C31H34N2O7. The van der Waals surface area contributed by atoms with Gasteiger partial charge in [-0.3, -0.25) is 4.79 Å². The lowest BCUT2D eigenvalue weighted by Gasteiger charge is -2.40. The fourth-order valence-electron chi connectivity index (χ4n) is 5.20. The number of aromatic hydroxyl groups is 1. The van der Waals surface area contributed by atoms with Gasteiger partial charge in [0.2, 0.25) is 24.2 Å². The maximum absolute atomic E-state index is 13.6. The third-order valence-electron chi connectivity index (χ3n) is 7.21. The number of hydrogen-bond acceptors (Lipinski definition) is 8. The van der Waals surface area contributed by atoms with E-state index in [4.69, 9.17) is 23.7 Å². The van der Waals surface area contributed by atoms with Crippen LogP contribution in [0.1, 0.15) is 16.7 Å². The average Bonchev–Trinajstić information content (AvgIpc) is 3.46. The minimum atomic E-state index is -0.130. The summed E-state index contributed by atoms with van der Waals surface area (Å²) in [6, 6.07) is 17.1. The molecule has 1 fully saturated rings. The summed E-state index contributed by atoms with van der Waals surface area (Å²) in [7, 11) is 4.61. The maximum Gasteiger partial charge on any atom is 0.246 e. The van der Waals surface area contributed by atoms with E-state index in [9.17, 15) is 9.90 Å². The third-order valence-corrected chi connectivity index (χ3v) is 7.21. The number of piperazine rings is 1. The van der Waals surface area contributed by atoms with Crippen LogP contribution < -0.4 is 29.0 Å². The van der Waals surface area contributed by atoms with Gasteiger partial charge in [-0.1, -0.05) is 30.3 Å². The monoisotopic (exact) mass is 546 g/mol. The average molecular weight is 547 g/mol. The molecule has 2 N–H and O–H groups in total. The standard InChI is InChI=1S/C31H34N2O7/c1-36-25-13-22(14-26(37-2)30(25)35)12-24-17-32-23(11-21-15-27(38-3)31-28(16-21)39-19-40-31)18-33(24)29(34)10-9-20-7-5-4-6-8-20/h4-10,13-16,23-24,32,35H,11-12,17-19H2,1-3H3/b10-9+/t23-,24-/m0/s1. The van der Waals surface area contributed by atoms with Crippen LogP contribution in [0.3, 0.4) is 0 Å². The van der Waals surface area contributed by atoms with Gasteiger partial charge in [-0.15, -0.1) is 0 Å².